The van der Waals surface area contributed by atoms with Crippen LogP contribution in [0.25, 0.3) is 5.57 Å². The van der Waals surface area contributed by atoms with Crippen LogP contribution in [0.3, 0.4) is 0 Å². The van der Waals surface area contributed by atoms with Gasteiger partial charge in [-0.15, -0.1) is 0 Å². The SMILES string of the molecule is CC(C)Oc1ccc(C2=C(Nc3cccc(F)c3)C(=O)N(Cc3ccncc3)C2=O)cc1. The van der Waals surface area contributed by atoms with Crippen molar-refractivity contribution >= 4 is 23.1 Å². The average molecular weight is 431 g/mol. The van der Waals surface area contributed by atoms with Crippen molar-refractivity contribution in [2.24, 2.45) is 0 Å². The molecular weight excluding hydrogens is 409 g/mol. The molecule has 0 bridgehead atoms. The second-order valence-corrected chi connectivity index (χ2v) is 7.63. The van der Waals surface area contributed by atoms with Crippen molar-refractivity contribution in [2.75, 3.05) is 5.32 Å². The number of amides is 2. The Labute approximate surface area is 185 Å². The minimum absolute atomic E-state index is 0.0100. The van der Waals surface area contributed by atoms with Crippen LogP contribution in [0, 0.1) is 5.82 Å². The largest absolute Gasteiger partial charge is 0.491 e. The third-order valence-electron chi connectivity index (χ3n) is 4.87. The number of benzene rings is 2. The van der Waals surface area contributed by atoms with Gasteiger partial charge < -0.3 is 10.1 Å². The van der Waals surface area contributed by atoms with Crippen molar-refractivity contribution in [3.05, 3.63) is 95.7 Å². The summed E-state index contributed by atoms with van der Waals surface area (Å²) in [7, 11) is 0. The van der Waals surface area contributed by atoms with Crippen molar-refractivity contribution in [1.82, 2.24) is 9.88 Å². The molecule has 1 aliphatic heterocycles. The molecule has 0 aliphatic carbocycles. The Hall–Kier alpha value is -4.00. The smallest absolute Gasteiger partial charge is 0.278 e. The van der Waals surface area contributed by atoms with Crippen LogP contribution in [0.2, 0.25) is 0 Å². The summed E-state index contributed by atoms with van der Waals surface area (Å²) in [6.07, 6.45) is 3.22. The van der Waals surface area contributed by atoms with E-state index in [2.05, 4.69) is 10.3 Å². The summed E-state index contributed by atoms with van der Waals surface area (Å²) >= 11 is 0. The van der Waals surface area contributed by atoms with E-state index in [1.54, 1.807) is 54.9 Å². The summed E-state index contributed by atoms with van der Waals surface area (Å²) in [5.41, 5.74) is 2.05. The molecule has 0 saturated heterocycles. The molecule has 1 aromatic heterocycles. The summed E-state index contributed by atoms with van der Waals surface area (Å²) in [4.78, 5) is 31.7. The summed E-state index contributed by atoms with van der Waals surface area (Å²) in [5, 5.41) is 2.96. The summed E-state index contributed by atoms with van der Waals surface area (Å²) < 4.78 is 19.4. The highest BCUT2D eigenvalue weighted by molar-refractivity contribution is 6.36. The first-order chi connectivity index (χ1) is 15.4. The molecule has 1 N–H and O–H groups in total. The lowest BCUT2D eigenvalue weighted by Gasteiger charge is -2.15. The summed E-state index contributed by atoms with van der Waals surface area (Å²) in [5.74, 6) is -0.691. The van der Waals surface area contributed by atoms with Gasteiger partial charge in [-0.05, 0) is 67.4 Å². The van der Waals surface area contributed by atoms with Gasteiger partial charge in [-0.1, -0.05) is 18.2 Å². The molecule has 2 aromatic carbocycles. The van der Waals surface area contributed by atoms with Gasteiger partial charge in [0.25, 0.3) is 11.8 Å². The number of pyridine rings is 1. The summed E-state index contributed by atoms with van der Waals surface area (Å²) in [6.45, 7) is 3.95. The Bertz CT molecular complexity index is 1170. The van der Waals surface area contributed by atoms with Crippen LogP contribution < -0.4 is 10.1 Å². The van der Waals surface area contributed by atoms with Gasteiger partial charge in [0.1, 0.15) is 17.3 Å². The van der Waals surface area contributed by atoms with Gasteiger partial charge in [-0.2, -0.15) is 0 Å². The molecule has 7 heteroatoms. The molecule has 2 heterocycles. The molecule has 32 heavy (non-hydrogen) atoms. The molecule has 0 spiro atoms. The lowest BCUT2D eigenvalue weighted by Crippen LogP contribution is -2.32. The van der Waals surface area contributed by atoms with E-state index in [1.165, 1.54) is 23.1 Å². The predicted molar refractivity (Wildman–Crippen MR) is 119 cm³/mol. The molecule has 2 amide bonds. The van der Waals surface area contributed by atoms with E-state index in [0.29, 0.717) is 17.0 Å². The van der Waals surface area contributed by atoms with Crippen molar-refractivity contribution < 1.29 is 18.7 Å². The first-order valence-corrected chi connectivity index (χ1v) is 10.2. The van der Waals surface area contributed by atoms with Crippen molar-refractivity contribution in [1.29, 1.82) is 0 Å². The maximum atomic E-state index is 13.7. The minimum atomic E-state index is -0.478. The van der Waals surface area contributed by atoms with Crippen molar-refractivity contribution in [3.63, 3.8) is 0 Å². The minimum Gasteiger partial charge on any atom is -0.491 e. The maximum Gasteiger partial charge on any atom is 0.278 e. The standard InChI is InChI=1S/C25H22FN3O3/c1-16(2)32-21-8-6-18(7-9-21)22-23(28-20-5-3-4-19(26)14-20)25(31)29(24(22)30)15-17-10-12-27-13-11-17/h3-14,16,28H,15H2,1-2H3. The lowest BCUT2D eigenvalue weighted by atomic mass is 10.0. The zero-order valence-electron chi connectivity index (χ0n) is 17.7. The Morgan fingerprint density at radius 1 is 1.00 bits per heavy atom. The third kappa shape index (κ3) is 4.51. The molecule has 0 saturated carbocycles. The average Bonchev–Trinajstić information content (AvgIpc) is 2.99. The van der Waals surface area contributed by atoms with Gasteiger partial charge in [-0.25, -0.2) is 4.39 Å². The van der Waals surface area contributed by atoms with Crippen molar-refractivity contribution in [2.45, 2.75) is 26.5 Å². The van der Waals surface area contributed by atoms with E-state index in [4.69, 9.17) is 4.74 Å². The monoisotopic (exact) mass is 431 g/mol. The first-order valence-electron chi connectivity index (χ1n) is 10.2. The van der Waals surface area contributed by atoms with Gasteiger partial charge in [0.15, 0.2) is 0 Å². The Morgan fingerprint density at radius 2 is 1.72 bits per heavy atom. The van der Waals surface area contributed by atoms with Crippen LogP contribution in [0.5, 0.6) is 5.75 Å². The molecule has 6 nitrogen and oxygen atoms in total. The number of imide groups is 1. The molecule has 3 aromatic rings. The topological polar surface area (TPSA) is 71.5 Å². The van der Waals surface area contributed by atoms with Gasteiger partial charge >= 0.3 is 0 Å². The molecule has 0 unspecified atom stereocenters. The lowest BCUT2D eigenvalue weighted by molar-refractivity contribution is -0.137. The number of aromatic nitrogens is 1. The molecule has 162 valence electrons. The molecule has 1 aliphatic rings. The van der Waals surface area contributed by atoms with Crippen LogP contribution >= 0.6 is 0 Å². The highest BCUT2D eigenvalue weighted by atomic mass is 19.1. The summed E-state index contributed by atoms with van der Waals surface area (Å²) in [6, 6.07) is 16.2. The molecule has 0 fully saturated rings. The third-order valence-corrected chi connectivity index (χ3v) is 4.87. The fourth-order valence-corrected chi connectivity index (χ4v) is 3.46. The Kier molecular flexibility index (Phi) is 5.98. The van der Waals surface area contributed by atoms with Crippen LogP contribution in [-0.2, 0) is 16.1 Å². The first kappa shape index (κ1) is 21.2. The number of hydrogen-bond acceptors (Lipinski definition) is 5. The zero-order chi connectivity index (χ0) is 22.7. The van der Waals surface area contributed by atoms with Gasteiger partial charge in [0.05, 0.1) is 18.2 Å². The highest BCUT2D eigenvalue weighted by Gasteiger charge is 2.39. The van der Waals surface area contributed by atoms with E-state index in [0.717, 1.165) is 5.56 Å². The van der Waals surface area contributed by atoms with E-state index in [-0.39, 0.29) is 23.9 Å². The van der Waals surface area contributed by atoms with E-state index >= 15 is 0 Å². The quantitative estimate of drug-likeness (QED) is 0.562. The molecule has 0 atom stereocenters. The Morgan fingerprint density at radius 3 is 2.38 bits per heavy atom. The number of halogens is 1. The second kappa shape index (κ2) is 9.01. The van der Waals surface area contributed by atoms with E-state index in [1.807, 2.05) is 13.8 Å². The number of carbonyl (C=O) groups is 2. The van der Waals surface area contributed by atoms with Gasteiger partial charge in [0.2, 0.25) is 0 Å². The number of hydrogen-bond donors (Lipinski definition) is 1. The van der Waals surface area contributed by atoms with E-state index < -0.39 is 17.6 Å². The molecular formula is C25H22FN3O3. The zero-order valence-corrected chi connectivity index (χ0v) is 17.7. The second-order valence-electron chi connectivity index (χ2n) is 7.63. The van der Waals surface area contributed by atoms with Gasteiger partial charge in [0, 0.05) is 18.1 Å². The van der Waals surface area contributed by atoms with Crippen LogP contribution in [0.1, 0.15) is 25.0 Å². The number of nitrogens with one attached hydrogen (secondary N) is 1. The van der Waals surface area contributed by atoms with Gasteiger partial charge in [-0.3, -0.25) is 19.5 Å². The van der Waals surface area contributed by atoms with E-state index in [9.17, 15) is 14.0 Å². The fourth-order valence-electron chi connectivity index (χ4n) is 3.46. The van der Waals surface area contributed by atoms with Crippen molar-refractivity contribution in [3.8, 4) is 5.75 Å². The van der Waals surface area contributed by atoms with Crippen LogP contribution in [-0.4, -0.2) is 27.8 Å². The van der Waals surface area contributed by atoms with Crippen LogP contribution in [0.4, 0.5) is 10.1 Å². The molecule has 0 radical (unpaired) electrons. The maximum absolute atomic E-state index is 13.7. The number of nitrogens with zero attached hydrogens (tertiary/aromatic N) is 2. The molecule has 4 rings (SSSR count). The number of rotatable bonds is 7. The fraction of sp³-hybridized carbons (Fsp3) is 0.160. The highest BCUT2D eigenvalue weighted by Crippen LogP contribution is 2.32. The van der Waals surface area contributed by atoms with Crippen LogP contribution in [0.15, 0.2) is 78.8 Å². The number of ether oxygens (including phenoxy) is 1. The number of carbonyl (C=O) groups excluding carboxylic acids is 2. The normalized spacial score (nSPS) is 13.8. The Balaban J connectivity index is 1.72. The number of anilines is 1. The predicted octanol–water partition coefficient (Wildman–Crippen LogP) is 4.40.